The maximum Gasteiger partial charge on any atom is 0.232 e. The van der Waals surface area contributed by atoms with Crippen LogP contribution in [0, 0.1) is 5.92 Å². The van der Waals surface area contributed by atoms with Crippen molar-refractivity contribution in [1.82, 2.24) is 9.80 Å². The van der Waals surface area contributed by atoms with Gasteiger partial charge in [0.25, 0.3) is 0 Å². The van der Waals surface area contributed by atoms with Gasteiger partial charge in [-0.1, -0.05) is 19.1 Å². The molecule has 0 aromatic rings. The molecular formula is C13H20N2O3. The highest BCUT2D eigenvalue weighted by atomic mass is 16.5. The zero-order chi connectivity index (χ0) is 13.0. The lowest BCUT2D eigenvalue weighted by Gasteiger charge is -2.30. The van der Waals surface area contributed by atoms with Gasteiger partial charge < -0.3 is 14.5 Å². The van der Waals surface area contributed by atoms with E-state index < -0.39 is 0 Å². The van der Waals surface area contributed by atoms with Crippen LogP contribution in [0.2, 0.25) is 0 Å². The van der Waals surface area contributed by atoms with E-state index in [0.717, 1.165) is 0 Å². The first-order valence-corrected chi connectivity index (χ1v) is 6.47. The molecule has 5 heteroatoms. The summed E-state index contributed by atoms with van der Waals surface area (Å²) in [5, 5.41) is 0. The van der Waals surface area contributed by atoms with Gasteiger partial charge in [-0.2, -0.15) is 0 Å². The number of carbonyl (C=O) groups is 2. The van der Waals surface area contributed by atoms with Gasteiger partial charge in [-0.3, -0.25) is 9.59 Å². The van der Waals surface area contributed by atoms with Crippen LogP contribution >= 0.6 is 0 Å². The van der Waals surface area contributed by atoms with Gasteiger partial charge >= 0.3 is 0 Å². The summed E-state index contributed by atoms with van der Waals surface area (Å²) in [4.78, 5) is 27.4. The monoisotopic (exact) mass is 252 g/mol. The number of hydrogen-bond acceptors (Lipinski definition) is 3. The van der Waals surface area contributed by atoms with E-state index in [9.17, 15) is 9.59 Å². The molecule has 0 saturated carbocycles. The van der Waals surface area contributed by atoms with E-state index in [1.807, 2.05) is 6.08 Å². The lowest BCUT2D eigenvalue weighted by Crippen LogP contribution is -2.44. The SMILES string of the molecule is CC1C=CCN(C(=O)CC(=O)N2CCOCC2)C1. The van der Waals surface area contributed by atoms with Crippen molar-refractivity contribution in [1.29, 1.82) is 0 Å². The fourth-order valence-corrected chi connectivity index (χ4v) is 2.27. The summed E-state index contributed by atoms with van der Waals surface area (Å²) in [6.45, 7) is 5.75. The highest BCUT2D eigenvalue weighted by Crippen LogP contribution is 2.10. The summed E-state index contributed by atoms with van der Waals surface area (Å²) in [6, 6.07) is 0. The number of ether oxygens (including phenoxy) is 1. The molecule has 0 aromatic heterocycles. The molecule has 100 valence electrons. The molecule has 0 N–H and O–H groups in total. The van der Waals surface area contributed by atoms with Crippen LogP contribution in [0.15, 0.2) is 12.2 Å². The van der Waals surface area contributed by atoms with Crippen molar-refractivity contribution in [2.75, 3.05) is 39.4 Å². The molecule has 0 bridgehead atoms. The smallest absolute Gasteiger partial charge is 0.232 e. The second-order valence-corrected chi connectivity index (χ2v) is 4.87. The second-order valence-electron chi connectivity index (χ2n) is 4.87. The number of nitrogens with zero attached hydrogens (tertiary/aromatic N) is 2. The molecule has 2 aliphatic heterocycles. The van der Waals surface area contributed by atoms with Crippen molar-refractivity contribution in [2.24, 2.45) is 5.92 Å². The molecule has 1 saturated heterocycles. The first-order valence-electron chi connectivity index (χ1n) is 6.47. The third-order valence-corrected chi connectivity index (χ3v) is 3.32. The fraction of sp³-hybridized carbons (Fsp3) is 0.692. The fourth-order valence-electron chi connectivity index (χ4n) is 2.27. The number of morpholine rings is 1. The van der Waals surface area contributed by atoms with Gasteiger partial charge in [0.1, 0.15) is 6.42 Å². The van der Waals surface area contributed by atoms with Gasteiger partial charge in [-0.05, 0) is 5.92 Å². The molecule has 2 aliphatic rings. The number of hydrogen-bond donors (Lipinski definition) is 0. The highest BCUT2D eigenvalue weighted by molar-refractivity contribution is 5.97. The molecule has 5 nitrogen and oxygen atoms in total. The molecule has 1 atom stereocenters. The molecule has 2 heterocycles. The molecular weight excluding hydrogens is 232 g/mol. The lowest BCUT2D eigenvalue weighted by atomic mass is 10.1. The molecule has 18 heavy (non-hydrogen) atoms. The van der Waals surface area contributed by atoms with E-state index >= 15 is 0 Å². The molecule has 2 rings (SSSR count). The van der Waals surface area contributed by atoms with E-state index in [1.54, 1.807) is 9.80 Å². The summed E-state index contributed by atoms with van der Waals surface area (Å²) in [7, 11) is 0. The van der Waals surface area contributed by atoms with Crippen LogP contribution in [0.25, 0.3) is 0 Å². The minimum atomic E-state index is -0.0782. The molecule has 0 aliphatic carbocycles. The van der Waals surface area contributed by atoms with Crippen LogP contribution < -0.4 is 0 Å². The maximum atomic E-state index is 12.0. The second kappa shape index (κ2) is 6.00. The summed E-state index contributed by atoms with van der Waals surface area (Å²) < 4.78 is 5.19. The van der Waals surface area contributed by atoms with Crippen molar-refractivity contribution in [3.05, 3.63) is 12.2 Å². The van der Waals surface area contributed by atoms with E-state index in [0.29, 0.717) is 45.3 Å². The van der Waals surface area contributed by atoms with Crippen LogP contribution in [0.5, 0.6) is 0 Å². The van der Waals surface area contributed by atoms with Gasteiger partial charge in [0, 0.05) is 26.2 Å². The Hall–Kier alpha value is -1.36. The number of carbonyl (C=O) groups excluding carboxylic acids is 2. The first-order chi connectivity index (χ1) is 8.66. The molecule has 1 fully saturated rings. The van der Waals surface area contributed by atoms with E-state index in [2.05, 4.69) is 13.0 Å². The Morgan fingerprint density at radius 2 is 1.89 bits per heavy atom. The third-order valence-electron chi connectivity index (χ3n) is 3.32. The van der Waals surface area contributed by atoms with Crippen LogP contribution in [0.3, 0.4) is 0 Å². The summed E-state index contributed by atoms with van der Waals surface area (Å²) >= 11 is 0. The highest BCUT2D eigenvalue weighted by Gasteiger charge is 2.24. The van der Waals surface area contributed by atoms with Crippen molar-refractivity contribution >= 4 is 11.8 Å². The normalized spacial score (nSPS) is 24.2. The average molecular weight is 252 g/mol. The zero-order valence-electron chi connectivity index (χ0n) is 10.8. The summed E-state index contributed by atoms with van der Waals surface area (Å²) in [6.07, 6.45) is 4.08. The predicted molar refractivity (Wildman–Crippen MR) is 66.9 cm³/mol. The van der Waals surface area contributed by atoms with Gasteiger partial charge in [0.05, 0.1) is 13.2 Å². The number of amides is 2. The predicted octanol–water partition coefficient (Wildman–Crippen LogP) is 0.270. The van der Waals surface area contributed by atoms with Gasteiger partial charge in [-0.25, -0.2) is 0 Å². The van der Waals surface area contributed by atoms with E-state index in [4.69, 9.17) is 4.74 Å². The Morgan fingerprint density at radius 1 is 1.22 bits per heavy atom. The lowest BCUT2D eigenvalue weighted by molar-refractivity contribution is -0.143. The zero-order valence-corrected chi connectivity index (χ0v) is 10.8. The Labute approximate surface area is 107 Å². The molecule has 0 aromatic carbocycles. The van der Waals surface area contributed by atoms with Crippen LogP contribution in [0.1, 0.15) is 13.3 Å². The molecule has 0 spiro atoms. The van der Waals surface area contributed by atoms with Crippen molar-refractivity contribution in [3.63, 3.8) is 0 Å². The third kappa shape index (κ3) is 3.32. The minimum absolute atomic E-state index is 0.0133. The Balaban J connectivity index is 1.83. The maximum absolute atomic E-state index is 12.0. The van der Waals surface area contributed by atoms with Crippen molar-refractivity contribution in [2.45, 2.75) is 13.3 Å². The Morgan fingerprint density at radius 3 is 2.56 bits per heavy atom. The number of rotatable bonds is 2. The van der Waals surface area contributed by atoms with Crippen LogP contribution in [0.4, 0.5) is 0 Å². The van der Waals surface area contributed by atoms with Gasteiger partial charge in [-0.15, -0.1) is 0 Å². The molecule has 2 amide bonds. The standard InChI is InChI=1S/C13H20N2O3/c1-11-3-2-4-15(10-11)13(17)9-12(16)14-5-7-18-8-6-14/h2-3,11H,4-10H2,1H3. The van der Waals surface area contributed by atoms with Crippen LogP contribution in [-0.2, 0) is 14.3 Å². The van der Waals surface area contributed by atoms with Crippen molar-refractivity contribution < 1.29 is 14.3 Å². The van der Waals surface area contributed by atoms with Gasteiger partial charge in [0.2, 0.25) is 11.8 Å². The quantitative estimate of drug-likeness (QED) is 0.523. The molecule has 0 radical (unpaired) electrons. The topological polar surface area (TPSA) is 49.9 Å². The Bertz CT molecular complexity index is 348. The molecule has 1 unspecified atom stereocenters. The minimum Gasteiger partial charge on any atom is -0.378 e. The van der Waals surface area contributed by atoms with E-state index in [-0.39, 0.29) is 18.2 Å². The Kier molecular flexibility index (Phi) is 4.36. The van der Waals surface area contributed by atoms with Crippen molar-refractivity contribution in [3.8, 4) is 0 Å². The van der Waals surface area contributed by atoms with Crippen LogP contribution in [-0.4, -0.2) is 61.0 Å². The largest absolute Gasteiger partial charge is 0.378 e. The first kappa shape index (κ1) is 13.1. The van der Waals surface area contributed by atoms with E-state index in [1.165, 1.54) is 0 Å². The van der Waals surface area contributed by atoms with Gasteiger partial charge in [0.15, 0.2) is 0 Å². The summed E-state index contributed by atoms with van der Waals surface area (Å²) in [5.41, 5.74) is 0. The summed E-state index contributed by atoms with van der Waals surface area (Å²) in [5.74, 6) is 0.231. The average Bonchev–Trinajstić information content (AvgIpc) is 2.39.